The average Bonchev–Trinajstić information content (AvgIpc) is 2.35. The molecule has 0 amide bonds. The molecule has 17 heavy (non-hydrogen) atoms. The van der Waals surface area contributed by atoms with Crippen molar-refractivity contribution in [3.8, 4) is 0 Å². The largest absolute Gasteiger partial charge is 0.290 e. The Morgan fingerprint density at radius 1 is 1.18 bits per heavy atom. The first-order chi connectivity index (χ1) is 8.18. The van der Waals surface area contributed by atoms with E-state index in [1.807, 2.05) is 24.3 Å². The van der Waals surface area contributed by atoms with Crippen LogP contribution in [0.2, 0.25) is 0 Å². The lowest BCUT2D eigenvalue weighted by atomic mass is 9.90. The number of hydrogen-bond acceptors (Lipinski definition) is 4. The number of carbonyl (C=O) groups excluding carboxylic acids is 2. The maximum Gasteiger partial charge on any atom is 0.231 e. The second kappa shape index (κ2) is 3.40. The number of ketones is 2. The van der Waals surface area contributed by atoms with Crippen LogP contribution in [0.4, 0.5) is 5.69 Å². The molecule has 4 nitrogen and oxygen atoms in total. The van der Waals surface area contributed by atoms with Crippen LogP contribution in [-0.4, -0.2) is 11.6 Å². The number of para-hydroxylation sites is 1. The maximum absolute atomic E-state index is 11.8. The number of anilines is 1. The van der Waals surface area contributed by atoms with Gasteiger partial charge >= 0.3 is 0 Å². The summed E-state index contributed by atoms with van der Waals surface area (Å²) < 4.78 is 0. The highest BCUT2D eigenvalue weighted by atomic mass is 16.2. The molecular formula is C13H10N2O2. The van der Waals surface area contributed by atoms with E-state index in [9.17, 15) is 9.59 Å². The van der Waals surface area contributed by atoms with Crippen molar-refractivity contribution >= 4 is 23.3 Å². The number of hydrazine groups is 1. The molecule has 0 bridgehead atoms. The Hall–Kier alpha value is -2.20. The number of carbonyl (C=O) groups is 2. The number of nitrogens with zero attached hydrogens (tertiary/aromatic N) is 1. The minimum Gasteiger partial charge on any atom is -0.290 e. The smallest absolute Gasteiger partial charge is 0.231 e. The SMILES string of the molecule is NN1C2=CCC(=O)C(=O)C2=Cc2ccccc21. The van der Waals surface area contributed by atoms with Crippen LogP contribution in [0.5, 0.6) is 0 Å². The van der Waals surface area contributed by atoms with Crippen LogP contribution in [0.1, 0.15) is 12.0 Å². The van der Waals surface area contributed by atoms with Crippen molar-refractivity contribution in [3.05, 3.63) is 47.2 Å². The molecule has 1 aliphatic heterocycles. The molecule has 0 spiro atoms. The third kappa shape index (κ3) is 1.34. The van der Waals surface area contributed by atoms with E-state index in [1.165, 1.54) is 5.01 Å². The number of allylic oxidation sites excluding steroid dienone is 2. The second-order valence-corrected chi connectivity index (χ2v) is 4.03. The molecule has 0 atom stereocenters. The topological polar surface area (TPSA) is 63.4 Å². The summed E-state index contributed by atoms with van der Waals surface area (Å²) in [5.74, 6) is 5.14. The van der Waals surface area contributed by atoms with E-state index in [0.717, 1.165) is 11.3 Å². The average molecular weight is 226 g/mol. The number of rotatable bonds is 0. The van der Waals surface area contributed by atoms with Gasteiger partial charge < -0.3 is 0 Å². The standard InChI is InChI=1S/C13H10N2O2/c14-15-10-4-2-1-3-8(10)7-9-11(15)5-6-12(16)13(9)17/h1-5,7H,6,14H2. The minimum absolute atomic E-state index is 0.126. The molecule has 2 N–H and O–H groups in total. The summed E-state index contributed by atoms with van der Waals surface area (Å²) >= 11 is 0. The molecule has 1 aliphatic carbocycles. The molecule has 0 unspecified atom stereocenters. The lowest BCUT2D eigenvalue weighted by molar-refractivity contribution is -0.134. The van der Waals surface area contributed by atoms with Gasteiger partial charge in [0.2, 0.25) is 11.6 Å². The molecule has 3 rings (SSSR count). The van der Waals surface area contributed by atoms with E-state index >= 15 is 0 Å². The summed E-state index contributed by atoms with van der Waals surface area (Å²) in [6.07, 6.45) is 3.55. The van der Waals surface area contributed by atoms with Crippen molar-refractivity contribution in [1.29, 1.82) is 0 Å². The number of hydrogen-bond donors (Lipinski definition) is 1. The highest BCUT2D eigenvalue weighted by Crippen LogP contribution is 2.34. The fraction of sp³-hybridized carbons (Fsp3) is 0.0769. The van der Waals surface area contributed by atoms with Crippen molar-refractivity contribution in [3.63, 3.8) is 0 Å². The van der Waals surface area contributed by atoms with Crippen LogP contribution >= 0.6 is 0 Å². The lowest BCUT2D eigenvalue weighted by Gasteiger charge is -2.30. The lowest BCUT2D eigenvalue weighted by Crippen LogP contribution is -2.38. The fourth-order valence-corrected chi connectivity index (χ4v) is 2.14. The molecule has 2 aliphatic rings. The molecule has 0 aromatic heterocycles. The zero-order valence-corrected chi connectivity index (χ0v) is 9.01. The van der Waals surface area contributed by atoms with Crippen molar-refractivity contribution in [2.45, 2.75) is 6.42 Å². The van der Waals surface area contributed by atoms with Crippen molar-refractivity contribution in [2.24, 2.45) is 5.84 Å². The molecule has 1 heterocycles. The zero-order valence-electron chi connectivity index (χ0n) is 9.01. The number of Topliss-reactive ketones (excluding diaryl/α,β-unsaturated/α-hetero) is 2. The first kappa shape index (κ1) is 9.99. The van der Waals surface area contributed by atoms with Crippen LogP contribution < -0.4 is 10.9 Å². The Morgan fingerprint density at radius 3 is 2.76 bits per heavy atom. The van der Waals surface area contributed by atoms with E-state index in [4.69, 9.17) is 5.84 Å². The van der Waals surface area contributed by atoms with E-state index in [1.54, 1.807) is 12.2 Å². The van der Waals surface area contributed by atoms with Gasteiger partial charge in [-0.15, -0.1) is 0 Å². The van der Waals surface area contributed by atoms with Gasteiger partial charge in [-0.1, -0.05) is 24.3 Å². The van der Waals surface area contributed by atoms with Crippen LogP contribution in [0.15, 0.2) is 41.6 Å². The fourth-order valence-electron chi connectivity index (χ4n) is 2.14. The third-order valence-corrected chi connectivity index (χ3v) is 3.01. The van der Waals surface area contributed by atoms with Crippen LogP contribution in [-0.2, 0) is 9.59 Å². The van der Waals surface area contributed by atoms with E-state index in [2.05, 4.69) is 0 Å². The summed E-state index contributed by atoms with van der Waals surface area (Å²) in [6.45, 7) is 0. The predicted octanol–water partition coefficient (Wildman–Crippen LogP) is 1.19. The minimum atomic E-state index is -0.451. The molecule has 0 saturated carbocycles. The molecule has 1 aromatic carbocycles. The normalized spacial score (nSPS) is 18.3. The van der Waals surface area contributed by atoms with Gasteiger partial charge in [0.25, 0.3) is 0 Å². The van der Waals surface area contributed by atoms with Gasteiger partial charge in [0, 0.05) is 12.0 Å². The molecule has 84 valence electrons. The quantitative estimate of drug-likeness (QED) is 0.533. The van der Waals surface area contributed by atoms with Gasteiger partial charge in [0.15, 0.2) is 0 Å². The van der Waals surface area contributed by atoms with Crippen molar-refractivity contribution in [2.75, 3.05) is 5.01 Å². The zero-order chi connectivity index (χ0) is 12.0. The summed E-state index contributed by atoms with van der Waals surface area (Å²) in [4.78, 5) is 23.1. The molecule has 0 fully saturated rings. The predicted molar refractivity (Wildman–Crippen MR) is 63.8 cm³/mol. The summed E-state index contributed by atoms with van der Waals surface area (Å²) in [7, 11) is 0. The summed E-state index contributed by atoms with van der Waals surface area (Å²) in [5.41, 5.74) is 2.70. The van der Waals surface area contributed by atoms with Gasteiger partial charge in [-0.3, -0.25) is 14.6 Å². The first-order valence-electron chi connectivity index (χ1n) is 5.32. The summed E-state index contributed by atoms with van der Waals surface area (Å²) in [6, 6.07) is 7.50. The van der Waals surface area contributed by atoms with Gasteiger partial charge in [0.05, 0.1) is 17.0 Å². The summed E-state index contributed by atoms with van der Waals surface area (Å²) in [5, 5.41) is 1.47. The van der Waals surface area contributed by atoms with Crippen LogP contribution in [0, 0.1) is 0 Å². The van der Waals surface area contributed by atoms with Gasteiger partial charge in [0.1, 0.15) is 0 Å². The Kier molecular flexibility index (Phi) is 2.00. The Balaban J connectivity index is 2.24. The molecule has 0 saturated heterocycles. The van der Waals surface area contributed by atoms with Crippen LogP contribution in [0.3, 0.4) is 0 Å². The highest BCUT2D eigenvalue weighted by molar-refractivity contribution is 6.47. The number of nitrogens with two attached hydrogens (primary N) is 1. The van der Waals surface area contributed by atoms with Crippen molar-refractivity contribution in [1.82, 2.24) is 0 Å². The monoisotopic (exact) mass is 226 g/mol. The number of benzene rings is 1. The van der Waals surface area contributed by atoms with Crippen LogP contribution in [0.25, 0.3) is 6.08 Å². The Morgan fingerprint density at radius 2 is 1.94 bits per heavy atom. The molecule has 4 heteroatoms. The van der Waals surface area contributed by atoms with Gasteiger partial charge in [-0.2, -0.15) is 0 Å². The maximum atomic E-state index is 11.8. The Labute approximate surface area is 98.0 Å². The van der Waals surface area contributed by atoms with Gasteiger partial charge in [-0.25, -0.2) is 5.84 Å². The second-order valence-electron chi connectivity index (χ2n) is 4.03. The van der Waals surface area contributed by atoms with E-state index < -0.39 is 5.78 Å². The third-order valence-electron chi connectivity index (χ3n) is 3.01. The molecule has 1 aromatic rings. The van der Waals surface area contributed by atoms with E-state index in [0.29, 0.717) is 11.3 Å². The van der Waals surface area contributed by atoms with E-state index in [-0.39, 0.29) is 12.2 Å². The Bertz CT molecular complexity index is 599. The highest BCUT2D eigenvalue weighted by Gasteiger charge is 2.31. The molecular weight excluding hydrogens is 216 g/mol. The van der Waals surface area contributed by atoms with Gasteiger partial charge in [-0.05, 0) is 12.1 Å². The number of fused-ring (bicyclic) bond motifs is 2. The molecule has 0 radical (unpaired) electrons. The first-order valence-corrected chi connectivity index (χ1v) is 5.32. The van der Waals surface area contributed by atoms with Crippen molar-refractivity contribution < 1.29 is 9.59 Å².